The van der Waals surface area contributed by atoms with Crippen molar-refractivity contribution in [2.45, 2.75) is 70.6 Å². The van der Waals surface area contributed by atoms with Gasteiger partial charge in [0.25, 0.3) is 0 Å². The van der Waals surface area contributed by atoms with Crippen LogP contribution in [0, 0.1) is 11.8 Å². The van der Waals surface area contributed by atoms with Gasteiger partial charge < -0.3 is 5.73 Å². The van der Waals surface area contributed by atoms with Crippen molar-refractivity contribution in [2.75, 3.05) is 5.75 Å². The van der Waals surface area contributed by atoms with Crippen molar-refractivity contribution < 1.29 is 0 Å². The van der Waals surface area contributed by atoms with Crippen LogP contribution < -0.4 is 5.73 Å². The molecule has 1 rings (SSSR count). The number of hydrogen-bond acceptors (Lipinski definition) is 2. The lowest BCUT2D eigenvalue weighted by atomic mass is 9.78. The van der Waals surface area contributed by atoms with Crippen molar-refractivity contribution in [3.63, 3.8) is 0 Å². The molecule has 0 aromatic carbocycles. The first kappa shape index (κ1) is 14.4. The smallest absolute Gasteiger partial charge is 0.0159 e. The first-order valence-corrected chi connectivity index (χ1v) is 7.80. The van der Waals surface area contributed by atoms with Crippen LogP contribution in [-0.2, 0) is 0 Å². The Labute approximate surface area is 106 Å². The molecule has 2 N–H and O–H groups in total. The van der Waals surface area contributed by atoms with Crippen molar-refractivity contribution in [3.05, 3.63) is 0 Å². The first-order valence-electron chi connectivity index (χ1n) is 6.82. The molecule has 0 aliphatic heterocycles. The van der Waals surface area contributed by atoms with E-state index < -0.39 is 0 Å². The Kier molecular flexibility index (Phi) is 5.66. The molecule has 1 atom stereocenters. The highest BCUT2D eigenvalue weighted by molar-refractivity contribution is 8.00. The number of hydrogen-bond donors (Lipinski definition) is 1. The summed E-state index contributed by atoms with van der Waals surface area (Å²) in [6.45, 7) is 9.15. The van der Waals surface area contributed by atoms with E-state index in [-0.39, 0.29) is 0 Å². The van der Waals surface area contributed by atoms with Crippen LogP contribution in [0.15, 0.2) is 0 Å². The van der Waals surface area contributed by atoms with Gasteiger partial charge in [-0.3, -0.25) is 0 Å². The standard InChI is InChI=1S/C14H29NS/c1-5-11-6-8-12(9-7-11)13(15)10-16-14(2,3)4/h11-13H,5-10,15H2,1-4H3. The van der Waals surface area contributed by atoms with E-state index in [1.54, 1.807) is 0 Å². The lowest BCUT2D eigenvalue weighted by Gasteiger charge is -2.32. The van der Waals surface area contributed by atoms with Crippen molar-refractivity contribution in [2.24, 2.45) is 17.6 Å². The van der Waals surface area contributed by atoms with E-state index >= 15 is 0 Å². The molecule has 0 amide bonds. The van der Waals surface area contributed by atoms with Gasteiger partial charge in [0.2, 0.25) is 0 Å². The summed E-state index contributed by atoms with van der Waals surface area (Å²) in [5.41, 5.74) is 6.32. The van der Waals surface area contributed by atoms with Crippen LogP contribution in [0.25, 0.3) is 0 Å². The monoisotopic (exact) mass is 243 g/mol. The van der Waals surface area contributed by atoms with Crippen molar-refractivity contribution in [1.82, 2.24) is 0 Å². The summed E-state index contributed by atoms with van der Waals surface area (Å²) in [7, 11) is 0. The summed E-state index contributed by atoms with van der Waals surface area (Å²) in [5.74, 6) is 2.90. The van der Waals surface area contributed by atoms with Crippen LogP contribution in [0.5, 0.6) is 0 Å². The molecule has 96 valence electrons. The molecule has 1 unspecified atom stereocenters. The predicted molar refractivity (Wildman–Crippen MR) is 75.9 cm³/mol. The second-order valence-electron chi connectivity index (χ2n) is 6.28. The largest absolute Gasteiger partial charge is 0.327 e. The fraction of sp³-hybridized carbons (Fsp3) is 1.00. The molecule has 1 fully saturated rings. The topological polar surface area (TPSA) is 26.0 Å². The average molecular weight is 243 g/mol. The van der Waals surface area contributed by atoms with Crippen LogP contribution in [0.3, 0.4) is 0 Å². The van der Waals surface area contributed by atoms with Gasteiger partial charge in [-0.05, 0) is 24.7 Å². The molecule has 16 heavy (non-hydrogen) atoms. The maximum atomic E-state index is 6.32. The predicted octanol–water partition coefficient (Wildman–Crippen LogP) is 4.06. The zero-order valence-electron chi connectivity index (χ0n) is 11.5. The highest BCUT2D eigenvalue weighted by atomic mass is 32.2. The third kappa shape index (κ3) is 5.09. The first-order chi connectivity index (χ1) is 7.42. The van der Waals surface area contributed by atoms with Gasteiger partial charge in [0.1, 0.15) is 0 Å². The normalized spacial score (nSPS) is 29.1. The number of rotatable bonds is 4. The summed E-state index contributed by atoms with van der Waals surface area (Å²) < 4.78 is 0.359. The van der Waals surface area contributed by atoms with Gasteiger partial charge in [0.15, 0.2) is 0 Å². The third-order valence-electron chi connectivity index (χ3n) is 3.78. The number of thioether (sulfide) groups is 1. The highest BCUT2D eigenvalue weighted by Crippen LogP contribution is 2.34. The van der Waals surface area contributed by atoms with Crippen LogP contribution in [0.1, 0.15) is 59.8 Å². The molecule has 1 nitrogen and oxygen atoms in total. The molecule has 2 heteroatoms. The van der Waals surface area contributed by atoms with Gasteiger partial charge in [-0.15, -0.1) is 0 Å². The molecule has 1 saturated carbocycles. The third-order valence-corrected chi connectivity index (χ3v) is 5.20. The molecule has 0 aromatic heterocycles. The lowest BCUT2D eigenvalue weighted by molar-refractivity contribution is 0.247. The Morgan fingerprint density at radius 2 is 1.75 bits per heavy atom. The van der Waals surface area contributed by atoms with Crippen molar-refractivity contribution >= 4 is 11.8 Å². The van der Waals surface area contributed by atoms with Crippen LogP contribution in [0.2, 0.25) is 0 Å². The zero-order chi connectivity index (χ0) is 12.2. The SMILES string of the molecule is CCC1CCC(C(N)CSC(C)(C)C)CC1. The summed E-state index contributed by atoms with van der Waals surface area (Å²) in [4.78, 5) is 0. The second kappa shape index (κ2) is 6.30. The quantitative estimate of drug-likeness (QED) is 0.806. The molecule has 1 aliphatic rings. The van der Waals surface area contributed by atoms with Gasteiger partial charge in [-0.2, -0.15) is 11.8 Å². The minimum absolute atomic E-state index is 0.359. The maximum Gasteiger partial charge on any atom is 0.0159 e. The minimum Gasteiger partial charge on any atom is -0.327 e. The van der Waals surface area contributed by atoms with Crippen molar-refractivity contribution in [3.8, 4) is 0 Å². The van der Waals surface area contributed by atoms with E-state index in [2.05, 4.69) is 27.7 Å². The molecular formula is C14H29NS. The minimum atomic E-state index is 0.359. The highest BCUT2D eigenvalue weighted by Gasteiger charge is 2.25. The van der Waals surface area contributed by atoms with Gasteiger partial charge in [-0.1, -0.05) is 47.0 Å². The van der Waals surface area contributed by atoms with E-state index in [0.717, 1.165) is 17.6 Å². The second-order valence-corrected chi connectivity index (χ2v) is 8.12. The van der Waals surface area contributed by atoms with E-state index in [1.807, 2.05) is 11.8 Å². The molecule has 1 aliphatic carbocycles. The average Bonchev–Trinajstić information content (AvgIpc) is 2.25. The summed E-state index contributed by atoms with van der Waals surface area (Å²) in [6, 6.07) is 0.419. The Morgan fingerprint density at radius 3 is 2.19 bits per heavy atom. The van der Waals surface area contributed by atoms with Crippen LogP contribution >= 0.6 is 11.8 Å². The Bertz CT molecular complexity index is 189. The zero-order valence-corrected chi connectivity index (χ0v) is 12.3. The molecule has 0 heterocycles. The van der Waals surface area contributed by atoms with E-state index in [0.29, 0.717) is 10.8 Å². The van der Waals surface area contributed by atoms with Gasteiger partial charge >= 0.3 is 0 Å². The Balaban J connectivity index is 2.25. The lowest BCUT2D eigenvalue weighted by Crippen LogP contribution is -2.36. The molecule has 0 bridgehead atoms. The molecule has 0 aromatic rings. The van der Waals surface area contributed by atoms with Gasteiger partial charge in [0.05, 0.1) is 0 Å². The van der Waals surface area contributed by atoms with E-state index in [9.17, 15) is 0 Å². The Morgan fingerprint density at radius 1 is 1.19 bits per heavy atom. The fourth-order valence-corrected chi connectivity index (χ4v) is 3.47. The van der Waals surface area contributed by atoms with Crippen LogP contribution in [-0.4, -0.2) is 16.5 Å². The van der Waals surface area contributed by atoms with Gasteiger partial charge in [-0.25, -0.2) is 0 Å². The van der Waals surface area contributed by atoms with Crippen LogP contribution in [0.4, 0.5) is 0 Å². The molecule has 0 saturated heterocycles. The van der Waals surface area contributed by atoms with Gasteiger partial charge in [0, 0.05) is 16.5 Å². The van der Waals surface area contributed by atoms with E-state index in [1.165, 1.54) is 32.1 Å². The Hall–Kier alpha value is 0.310. The maximum absolute atomic E-state index is 6.32. The molecular weight excluding hydrogens is 214 g/mol. The summed E-state index contributed by atoms with van der Waals surface area (Å²) in [5, 5.41) is 0. The molecule has 0 radical (unpaired) electrons. The molecule has 0 spiro atoms. The fourth-order valence-electron chi connectivity index (χ4n) is 2.51. The van der Waals surface area contributed by atoms with Crippen molar-refractivity contribution in [1.29, 1.82) is 0 Å². The van der Waals surface area contributed by atoms with E-state index in [4.69, 9.17) is 5.73 Å². The number of nitrogens with two attached hydrogens (primary N) is 1. The summed E-state index contributed by atoms with van der Waals surface area (Å²) in [6.07, 6.45) is 6.91. The summed E-state index contributed by atoms with van der Waals surface area (Å²) >= 11 is 2.02.